The number of methoxy groups -OCH3 is 1. The fourth-order valence-corrected chi connectivity index (χ4v) is 2.46. The van der Waals surface area contributed by atoms with Gasteiger partial charge < -0.3 is 14.6 Å². The quantitative estimate of drug-likeness (QED) is 0.826. The van der Waals surface area contributed by atoms with Gasteiger partial charge in [-0.3, -0.25) is 0 Å². The molecule has 2 aromatic carbocycles. The molecule has 0 saturated heterocycles. The van der Waals surface area contributed by atoms with Crippen LogP contribution in [-0.2, 0) is 21.9 Å². The molecule has 0 aliphatic carbocycles. The molecule has 1 unspecified atom stereocenters. The number of benzene rings is 2. The first kappa shape index (κ1) is 15.7. The van der Waals surface area contributed by atoms with Gasteiger partial charge in [-0.15, -0.1) is 0 Å². The molecule has 1 N–H and O–H groups in total. The van der Waals surface area contributed by atoms with Gasteiger partial charge in [0.25, 0.3) is 0 Å². The van der Waals surface area contributed by atoms with Crippen molar-refractivity contribution in [3.63, 3.8) is 0 Å². The number of hydrogen-bond acceptors (Lipinski definition) is 3. The van der Waals surface area contributed by atoms with Crippen LogP contribution in [0.2, 0.25) is 0 Å². The summed E-state index contributed by atoms with van der Waals surface area (Å²) in [4.78, 5) is 0. The zero-order chi connectivity index (χ0) is 15.3. The SMILES string of the molecule is COC(OCc1ccccc1)(c1ccccc1)C(C)(C)O. The van der Waals surface area contributed by atoms with E-state index in [9.17, 15) is 5.11 Å². The van der Waals surface area contributed by atoms with E-state index in [-0.39, 0.29) is 0 Å². The third-order valence-electron chi connectivity index (χ3n) is 3.53. The lowest BCUT2D eigenvalue weighted by Crippen LogP contribution is -2.51. The Bertz CT molecular complexity index is 546. The Kier molecular flexibility index (Phi) is 4.78. The van der Waals surface area contributed by atoms with Crippen molar-refractivity contribution in [2.75, 3.05) is 7.11 Å². The Morgan fingerprint density at radius 3 is 1.90 bits per heavy atom. The van der Waals surface area contributed by atoms with E-state index in [0.29, 0.717) is 6.61 Å². The molecule has 0 bridgehead atoms. The maximum Gasteiger partial charge on any atom is 0.224 e. The normalized spacial score (nSPS) is 14.7. The standard InChI is InChI=1S/C18H22O3/c1-17(2,19)18(20-3,16-12-8-5-9-13-16)21-14-15-10-6-4-7-11-15/h4-13,19H,14H2,1-3H3. The van der Waals surface area contributed by atoms with E-state index < -0.39 is 11.4 Å². The summed E-state index contributed by atoms with van der Waals surface area (Å²) >= 11 is 0. The molecule has 2 aromatic rings. The van der Waals surface area contributed by atoms with Crippen LogP contribution in [0.25, 0.3) is 0 Å². The molecule has 0 aliphatic rings. The van der Waals surface area contributed by atoms with E-state index in [4.69, 9.17) is 9.47 Å². The van der Waals surface area contributed by atoms with Crippen molar-refractivity contribution in [1.29, 1.82) is 0 Å². The molecule has 0 fully saturated rings. The molecular weight excluding hydrogens is 264 g/mol. The Balaban J connectivity index is 2.33. The van der Waals surface area contributed by atoms with E-state index in [1.54, 1.807) is 21.0 Å². The highest BCUT2D eigenvalue weighted by Gasteiger charge is 2.47. The molecule has 112 valence electrons. The fourth-order valence-electron chi connectivity index (χ4n) is 2.46. The summed E-state index contributed by atoms with van der Waals surface area (Å²) in [6, 6.07) is 19.4. The highest BCUT2D eigenvalue weighted by molar-refractivity contribution is 5.24. The highest BCUT2D eigenvalue weighted by Crippen LogP contribution is 2.38. The van der Waals surface area contributed by atoms with Crippen molar-refractivity contribution in [3.8, 4) is 0 Å². The summed E-state index contributed by atoms with van der Waals surface area (Å²) < 4.78 is 11.7. The lowest BCUT2D eigenvalue weighted by molar-refractivity contribution is -0.317. The molecule has 2 rings (SSSR count). The highest BCUT2D eigenvalue weighted by atomic mass is 16.7. The predicted octanol–water partition coefficient (Wildman–Crippen LogP) is 3.47. The van der Waals surface area contributed by atoms with E-state index in [0.717, 1.165) is 11.1 Å². The maximum absolute atomic E-state index is 10.6. The van der Waals surface area contributed by atoms with Crippen LogP contribution in [0.4, 0.5) is 0 Å². The molecular formula is C18H22O3. The van der Waals surface area contributed by atoms with E-state index in [1.807, 2.05) is 60.7 Å². The average molecular weight is 286 g/mol. The molecule has 0 aliphatic heterocycles. The minimum Gasteiger partial charge on any atom is -0.384 e. The van der Waals surface area contributed by atoms with Crippen LogP contribution in [0.3, 0.4) is 0 Å². The Hall–Kier alpha value is -1.68. The van der Waals surface area contributed by atoms with Gasteiger partial charge in [0.2, 0.25) is 5.79 Å². The number of aliphatic hydroxyl groups is 1. The summed E-state index contributed by atoms with van der Waals surface area (Å²) in [6.07, 6.45) is 0. The van der Waals surface area contributed by atoms with Crippen molar-refractivity contribution in [2.24, 2.45) is 0 Å². The molecule has 0 amide bonds. The van der Waals surface area contributed by atoms with Gasteiger partial charge in [0.1, 0.15) is 5.60 Å². The first-order chi connectivity index (χ1) is 9.99. The summed E-state index contributed by atoms with van der Waals surface area (Å²) in [5.41, 5.74) is 0.618. The smallest absolute Gasteiger partial charge is 0.224 e. The van der Waals surface area contributed by atoms with E-state index >= 15 is 0 Å². The third kappa shape index (κ3) is 3.32. The van der Waals surface area contributed by atoms with Crippen LogP contribution in [-0.4, -0.2) is 17.8 Å². The second-order valence-corrected chi connectivity index (χ2v) is 5.52. The first-order valence-corrected chi connectivity index (χ1v) is 7.00. The largest absolute Gasteiger partial charge is 0.384 e. The second kappa shape index (κ2) is 6.39. The molecule has 0 radical (unpaired) electrons. The zero-order valence-electron chi connectivity index (χ0n) is 12.7. The predicted molar refractivity (Wildman–Crippen MR) is 82.7 cm³/mol. The van der Waals surface area contributed by atoms with Crippen LogP contribution in [0, 0.1) is 0 Å². The number of rotatable bonds is 6. The monoisotopic (exact) mass is 286 g/mol. The van der Waals surface area contributed by atoms with Gasteiger partial charge >= 0.3 is 0 Å². The second-order valence-electron chi connectivity index (χ2n) is 5.52. The van der Waals surface area contributed by atoms with Crippen LogP contribution in [0.1, 0.15) is 25.0 Å². The van der Waals surface area contributed by atoms with Crippen LogP contribution in [0.15, 0.2) is 60.7 Å². The van der Waals surface area contributed by atoms with Gasteiger partial charge in [0.15, 0.2) is 0 Å². The summed E-state index contributed by atoms with van der Waals surface area (Å²) in [6.45, 7) is 3.73. The molecule has 0 aromatic heterocycles. The minimum atomic E-state index is -1.22. The minimum absolute atomic E-state index is 0.355. The van der Waals surface area contributed by atoms with Crippen molar-refractivity contribution in [1.82, 2.24) is 0 Å². The summed E-state index contributed by atoms with van der Waals surface area (Å²) in [7, 11) is 1.55. The van der Waals surface area contributed by atoms with Crippen molar-refractivity contribution >= 4 is 0 Å². The zero-order valence-corrected chi connectivity index (χ0v) is 12.7. The third-order valence-corrected chi connectivity index (χ3v) is 3.53. The maximum atomic E-state index is 10.6. The summed E-state index contributed by atoms with van der Waals surface area (Å²) in [5, 5.41) is 10.6. The topological polar surface area (TPSA) is 38.7 Å². The van der Waals surface area contributed by atoms with Gasteiger partial charge in [-0.25, -0.2) is 0 Å². The number of ether oxygens (including phenoxy) is 2. The van der Waals surface area contributed by atoms with Crippen molar-refractivity contribution in [2.45, 2.75) is 31.8 Å². The molecule has 3 nitrogen and oxygen atoms in total. The molecule has 0 spiro atoms. The molecule has 3 heteroatoms. The van der Waals surface area contributed by atoms with E-state index in [2.05, 4.69) is 0 Å². The molecule has 21 heavy (non-hydrogen) atoms. The molecule has 0 heterocycles. The first-order valence-electron chi connectivity index (χ1n) is 7.00. The van der Waals surface area contributed by atoms with Crippen LogP contribution >= 0.6 is 0 Å². The van der Waals surface area contributed by atoms with Gasteiger partial charge in [-0.05, 0) is 19.4 Å². The van der Waals surface area contributed by atoms with Gasteiger partial charge in [-0.1, -0.05) is 60.7 Å². The average Bonchev–Trinajstić information content (AvgIpc) is 2.49. The Morgan fingerprint density at radius 1 is 0.905 bits per heavy atom. The summed E-state index contributed by atoms with van der Waals surface area (Å²) in [5.74, 6) is -1.22. The van der Waals surface area contributed by atoms with Crippen LogP contribution in [0.5, 0.6) is 0 Å². The fraction of sp³-hybridized carbons (Fsp3) is 0.333. The number of hydrogen-bond donors (Lipinski definition) is 1. The van der Waals surface area contributed by atoms with Gasteiger partial charge in [0, 0.05) is 12.7 Å². The molecule has 1 atom stereocenters. The van der Waals surface area contributed by atoms with Crippen molar-refractivity contribution in [3.05, 3.63) is 71.8 Å². The van der Waals surface area contributed by atoms with Crippen LogP contribution < -0.4 is 0 Å². The van der Waals surface area contributed by atoms with Gasteiger partial charge in [0.05, 0.1) is 6.61 Å². The van der Waals surface area contributed by atoms with Crippen molar-refractivity contribution < 1.29 is 14.6 Å². The lowest BCUT2D eigenvalue weighted by Gasteiger charge is -2.42. The van der Waals surface area contributed by atoms with E-state index in [1.165, 1.54) is 0 Å². The van der Waals surface area contributed by atoms with Gasteiger partial charge in [-0.2, -0.15) is 0 Å². The lowest BCUT2D eigenvalue weighted by atomic mass is 9.90. The Labute approximate surface area is 126 Å². The Morgan fingerprint density at radius 2 is 1.43 bits per heavy atom. The molecule has 0 saturated carbocycles.